The minimum Gasteiger partial charge on any atom is -0.493 e. The molecule has 8 heteroatoms. The van der Waals surface area contributed by atoms with Crippen molar-refractivity contribution in [2.75, 3.05) is 26.2 Å². The Bertz CT molecular complexity index is 1560. The number of carbonyl (C=O) groups excluding carboxylic acids is 1. The molecule has 36 heavy (non-hydrogen) atoms. The zero-order valence-electron chi connectivity index (χ0n) is 21.0. The second-order valence-electron chi connectivity index (χ2n) is 8.78. The largest absolute Gasteiger partial charge is 0.493 e. The number of rotatable bonds is 5. The van der Waals surface area contributed by atoms with Crippen LogP contribution in [0.1, 0.15) is 44.5 Å². The van der Waals surface area contributed by atoms with E-state index in [0.29, 0.717) is 39.6 Å². The Morgan fingerprint density at radius 1 is 0.889 bits per heavy atom. The molecule has 1 aliphatic heterocycles. The number of pyridine rings is 1. The first-order valence-corrected chi connectivity index (χ1v) is 11.4. The summed E-state index contributed by atoms with van der Waals surface area (Å²) >= 11 is 0. The van der Waals surface area contributed by atoms with Crippen LogP contribution in [0.25, 0.3) is 11.0 Å². The molecule has 0 saturated carbocycles. The third-order valence-electron chi connectivity index (χ3n) is 6.61. The number of amides is 1. The molecule has 0 bridgehead atoms. The number of aryl methyl sites for hydroxylation is 3. The van der Waals surface area contributed by atoms with Crippen molar-refractivity contribution in [2.24, 2.45) is 0 Å². The van der Waals surface area contributed by atoms with Gasteiger partial charge < -0.3 is 18.6 Å². The van der Waals surface area contributed by atoms with Crippen molar-refractivity contribution >= 4 is 22.7 Å². The monoisotopic (exact) mass is 486 g/mol. The van der Waals surface area contributed by atoms with Gasteiger partial charge in [0, 0.05) is 5.69 Å². The molecule has 2 aromatic carbocycles. The van der Waals surface area contributed by atoms with Crippen LogP contribution in [-0.2, 0) is 0 Å². The molecular weight excluding hydrogens is 460 g/mol. The van der Waals surface area contributed by atoms with Crippen LogP contribution in [0.15, 0.2) is 51.7 Å². The van der Waals surface area contributed by atoms with Gasteiger partial charge in [-0.1, -0.05) is 6.07 Å². The molecule has 1 atom stereocenters. The molecule has 0 spiro atoms. The normalized spacial score (nSPS) is 14.8. The quantitative estimate of drug-likeness (QED) is 0.397. The Balaban J connectivity index is 1.86. The van der Waals surface area contributed by atoms with Crippen molar-refractivity contribution in [3.05, 3.63) is 86.4 Å². The fourth-order valence-corrected chi connectivity index (χ4v) is 4.70. The Morgan fingerprint density at radius 2 is 1.56 bits per heavy atom. The number of hydrogen-bond donors (Lipinski definition) is 0. The molecule has 0 unspecified atom stereocenters. The molecule has 0 saturated heterocycles. The lowest BCUT2D eigenvalue weighted by Crippen LogP contribution is -2.30. The average Bonchev–Trinajstić information content (AvgIpc) is 3.16. The standard InChI is InChI=1S/C28H26N2O6/c1-14-10-18-19(11-15(14)2)36-27-23(25(18)31)24(30(28(27)32)22-9-7-8-16(3)29-22)17-12-20(33-4)26(35-6)21(13-17)34-5/h7-13,24H,1-6H3/t24-/m1/s1. The van der Waals surface area contributed by atoms with Crippen LogP contribution in [0.5, 0.6) is 17.2 Å². The van der Waals surface area contributed by atoms with E-state index < -0.39 is 11.9 Å². The van der Waals surface area contributed by atoms with Crippen LogP contribution in [0.3, 0.4) is 0 Å². The van der Waals surface area contributed by atoms with Gasteiger partial charge in [0.05, 0.1) is 38.3 Å². The van der Waals surface area contributed by atoms with Crippen molar-refractivity contribution in [3.63, 3.8) is 0 Å². The Hall–Kier alpha value is -4.33. The van der Waals surface area contributed by atoms with Crippen LogP contribution < -0.4 is 24.5 Å². The summed E-state index contributed by atoms with van der Waals surface area (Å²) in [6, 6.07) is 11.6. The molecule has 0 aliphatic carbocycles. The number of ether oxygens (including phenoxy) is 3. The van der Waals surface area contributed by atoms with Gasteiger partial charge in [-0.05, 0) is 73.9 Å². The predicted octanol–water partition coefficient (Wildman–Crippen LogP) is 4.89. The van der Waals surface area contributed by atoms with E-state index in [0.717, 1.165) is 16.8 Å². The Labute approximate surface area is 208 Å². The number of carbonyl (C=O) groups is 1. The fourth-order valence-electron chi connectivity index (χ4n) is 4.70. The zero-order valence-corrected chi connectivity index (χ0v) is 21.0. The molecular formula is C28H26N2O6. The van der Waals surface area contributed by atoms with Gasteiger partial charge in [-0.15, -0.1) is 0 Å². The van der Waals surface area contributed by atoms with Crippen LogP contribution in [0.4, 0.5) is 5.82 Å². The summed E-state index contributed by atoms with van der Waals surface area (Å²) < 4.78 is 22.7. The lowest BCUT2D eigenvalue weighted by atomic mass is 9.96. The highest BCUT2D eigenvalue weighted by Crippen LogP contribution is 2.46. The second-order valence-corrected chi connectivity index (χ2v) is 8.78. The number of benzene rings is 2. The van der Waals surface area contributed by atoms with Crippen molar-refractivity contribution in [2.45, 2.75) is 26.8 Å². The molecule has 1 amide bonds. The average molecular weight is 487 g/mol. The number of fused-ring (bicyclic) bond motifs is 2. The van der Waals surface area contributed by atoms with Gasteiger partial charge in [-0.3, -0.25) is 14.5 Å². The number of hydrogen-bond acceptors (Lipinski definition) is 7. The van der Waals surface area contributed by atoms with E-state index in [4.69, 9.17) is 18.6 Å². The van der Waals surface area contributed by atoms with Crippen molar-refractivity contribution in [3.8, 4) is 17.2 Å². The fraction of sp³-hybridized carbons (Fsp3) is 0.250. The molecule has 8 nitrogen and oxygen atoms in total. The number of nitrogens with zero attached hydrogens (tertiary/aromatic N) is 2. The lowest BCUT2D eigenvalue weighted by molar-refractivity contribution is 0.0970. The minimum atomic E-state index is -0.822. The van der Waals surface area contributed by atoms with Gasteiger partial charge in [0.25, 0.3) is 5.91 Å². The van der Waals surface area contributed by atoms with Crippen molar-refractivity contribution < 1.29 is 23.4 Å². The summed E-state index contributed by atoms with van der Waals surface area (Å²) in [5.41, 5.74) is 3.60. The number of aromatic nitrogens is 1. The van der Waals surface area contributed by atoms with E-state index in [1.54, 1.807) is 30.3 Å². The van der Waals surface area contributed by atoms with Gasteiger partial charge in [-0.25, -0.2) is 4.98 Å². The van der Waals surface area contributed by atoms with Gasteiger partial charge in [0.2, 0.25) is 11.5 Å². The first kappa shape index (κ1) is 23.4. The molecule has 5 rings (SSSR count). The maximum absolute atomic E-state index is 13.9. The summed E-state index contributed by atoms with van der Waals surface area (Å²) in [7, 11) is 4.55. The van der Waals surface area contributed by atoms with Gasteiger partial charge in [0.15, 0.2) is 16.9 Å². The summed E-state index contributed by atoms with van der Waals surface area (Å²) in [6.45, 7) is 5.71. The zero-order chi connectivity index (χ0) is 25.7. The SMILES string of the molecule is COc1cc([C@@H]2c3c(oc4cc(C)c(C)cc4c3=O)C(=O)N2c2cccc(C)n2)cc(OC)c1OC. The van der Waals surface area contributed by atoms with Gasteiger partial charge in [0.1, 0.15) is 11.4 Å². The molecule has 0 N–H and O–H groups in total. The minimum absolute atomic E-state index is 0.00203. The van der Waals surface area contributed by atoms with Crippen molar-refractivity contribution in [1.82, 2.24) is 4.98 Å². The third kappa shape index (κ3) is 3.48. The molecule has 1 aliphatic rings. The van der Waals surface area contributed by atoms with E-state index >= 15 is 0 Å². The molecule has 0 radical (unpaired) electrons. The summed E-state index contributed by atoms with van der Waals surface area (Å²) in [5, 5.41) is 0.418. The molecule has 0 fully saturated rings. The third-order valence-corrected chi connectivity index (χ3v) is 6.61. The molecule has 2 aromatic heterocycles. The summed E-state index contributed by atoms with van der Waals surface area (Å²) in [5.74, 6) is 1.17. The second kappa shape index (κ2) is 8.71. The van der Waals surface area contributed by atoms with Crippen LogP contribution >= 0.6 is 0 Å². The first-order chi connectivity index (χ1) is 17.3. The topological polar surface area (TPSA) is 91.1 Å². The van der Waals surface area contributed by atoms with Gasteiger partial charge >= 0.3 is 0 Å². The van der Waals surface area contributed by atoms with E-state index in [9.17, 15) is 9.59 Å². The maximum Gasteiger partial charge on any atom is 0.296 e. The number of methoxy groups -OCH3 is 3. The van der Waals surface area contributed by atoms with Crippen LogP contribution in [0.2, 0.25) is 0 Å². The van der Waals surface area contributed by atoms with Gasteiger partial charge in [-0.2, -0.15) is 0 Å². The van der Waals surface area contributed by atoms with E-state index in [-0.39, 0.29) is 16.8 Å². The maximum atomic E-state index is 13.9. The first-order valence-electron chi connectivity index (χ1n) is 11.4. The van der Waals surface area contributed by atoms with Crippen LogP contribution in [0, 0.1) is 20.8 Å². The van der Waals surface area contributed by atoms with Crippen LogP contribution in [-0.4, -0.2) is 32.2 Å². The molecule has 184 valence electrons. The Kier molecular flexibility index (Phi) is 5.67. The highest BCUT2D eigenvalue weighted by molar-refractivity contribution is 6.10. The Morgan fingerprint density at radius 3 is 2.17 bits per heavy atom. The molecule has 3 heterocycles. The van der Waals surface area contributed by atoms with E-state index in [2.05, 4.69) is 4.98 Å². The highest BCUT2D eigenvalue weighted by Gasteiger charge is 2.45. The number of anilines is 1. The van der Waals surface area contributed by atoms with E-state index in [1.807, 2.05) is 32.9 Å². The smallest absolute Gasteiger partial charge is 0.296 e. The summed E-state index contributed by atoms with van der Waals surface area (Å²) in [6.07, 6.45) is 0. The molecule has 4 aromatic rings. The lowest BCUT2D eigenvalue weighted by Gasteiger charge is -2.25. The highest BCUT2D eigenvalue weighted by atomic mass is 16.5. The van der Waals surface area contributed by atoms with E-state index in [1.165, 1.54) is 26.2 Å². The van der Waals surface area contributed by atoms with Crippen molar-refractivity contribution in [1.29, 1.82) is 0 Å². The predicted molar refractivity (Wildman–Crippen MR) is 136 cm³/mol. The summed E-state index contributed by atoms with van der Waals surface area (Å²) in [4.78, 5) is 33.9.